The van der Waals surface area contributed by atoms with Crippen LogP contribution in [0.1, 0.15) is 19.8 Å². The molecule has 9 heteroatoms. The van der Waals surface area contributed by atoms with Crippen molar-refractivity contribution in [2.24, 2.45) is 5.84 Å². The minimum Gasteiger partial charge on any atom is -0.463 e. The SMILES string of the molecule is CCCOc1nc(NN)nc(NCCCOCCO)n1. The molecule has 1 aromatic heterocycles. The van der Waals surface area contributed by atoms with E-state index in [1.165, 1.54) is 0 Å². The Morgan fingerprint density at radius 2 is 1.95 bits per heavy atom. The molecule has 0 radical (unpaired) electrons. The topological polar surface area (TPSA) is 127 Å². The average molecular weight is 286 g/mol. The van der Waals surface area contributed by atoms with Crippen molar-refractivity contribution in [2.45, 2.75) is 19.8 Å². The van der Waals surface area contributed by atoms with Crippen molar-refractivity contribution >= 4 is 11.9 Å². The third-order valence-electron chi connectivity index (χ3n) is 2.16. The van der Waals surface area contributed by atoms with Crippen molar-refractivity contribution < 1.29 is 14.6 Å². The van der Waals surface area contributed by atoms with Gasteiger partial charge in [-0.25, -0.2) is 5.84 Å². The number of aromatic nitrogens is 3. The molecule has 20 heavy (non-hydrogen) atoms. The van der Waals surface area contributed by atoms with Crippen molar-refractivity contribution in [3.63, 3.8) is 0 Å². The van der Waals surface area contributed by atoms with Crippen LogP contribution in [0.3, 0.4) is 0 Å². The van der Waals surface area contributed by atoms with Crippen LogP contribution in [0.25, 0.3) is 0 Å². The van der Waals surface area contributed by atoms with E-state index >= 15 is 0 Å². The summed E-state index contributed by atoms with van der Waals surface area (Å²) < 4.78 is 10.5. The summed E-state index contributed by atoms with van der Waals surface area (Å²) in [4.78, 5) is 12.2. The Labute approximate surface area is 117 Å². The maximum atomic E-state index is 8.56. The summed E-state index contributed by atoms with van der Waals surface area (Å²) in [5.41, 5.74) is 2.37. The van der Waals surface area contributed by atoms with Crippen molar-refractivity contribution in [3.05, 3.63) is 0 Å². The van der Waals surface area contributed by atoms with Gasteiger partial charge in [0.25, 0.3) is 0 Å². The van der Waals surface area contributed by atoms with Crippen LogP contribution in [-0.4, -0.2) is 53.0 Å². The number of aliphatic hydroxyl groups is 1. The fourth-order valence-corrected chi connectivity index (χ4v) is 1.30. The predicted molar refractivity (Wildman–Crippen MR) is 74.4 cm³/mol. The lowest BCUT2D eigenvalue weighted by atomic mass is 10.4. The van der Waals surface area contributed by atoms with E-state index in [2.05, 4.69) is 25.7 Å². The first-order valence-electron chi connectivity index (χ1n) is 6.58. The lowest BCUT2D eigenvalue weighted by molar-refractivity contribution is 0.0921. The van der Waals surface area contributed by atoms with Gasteiger partial charge in [-0.1, -0.05) is 6.92 Å². The van der Waals surface area contributed by atoms with E-state index in [1.54, 1.807) is 0 Å². The number of aliphatic hydroxyl groups excluding tert-OH is 1. The highest BCUT2D eigenvalue weighted by Gasteiger charge is 2.06. The molecule has 0 saturated heterocycles. The Kier molecular flexibility index (Phi) is 8.27. The molecule has 0 aliphatic heterocycles. The number of nitrogens with two attached hydrogens (primary N) is 1. The van der Waals surface area contributed by atoms with Gasteiger partial charge >= 0.3 is 6.01 Å². The highest BCUT2D eigenvalue weighted by atomic mass is 16.5. The molecule has 0 aliphatic rings. The molecule has 1 rings (SSSR count). The minimum atomic E-state index is 0.0323. The molecule has 1 aromatic rings. The fraction of sp³-hybridized carbons (Fsp3) is 0.727. The van der Waals surface area contributed by atoms with E-state index < -0.39 is 0 Å². The molecular formula is C11H22N6O3. The van der Waals surface area contributed by atoms with Gasteiger partial charge in [0.1, 0.15) is 0 Å². The van der Waals surface area contributed by atoms with Crippen LogP contribution in [0.2, 0.25) is 0 Å². The maximum absolute atomic E-state index is 8.56. The first-order valence-corrected chi connectivity index (χ1v) is 6.58. The van der Waals surface area contributed by atoms with Crippen molar-refractivity contribution in [2.75, 3.05) is 43.7 Å². The lowest BCUT2D eigenvalue weighted by Crippen LogP contribution is -2.15. The Hall–Kier alpha value is -1.71. The van der Waals surface area contributed by atoms with E-state index in [-0.39, 0.29) is 18.6 Å². The number of ether oxygens (including phenoxy) is 2. The molecule has 0 unspecified atom stereocenters. The molecule has 0 aliphatic carbocycles. The summed E-state index contributed by atoms with van der Waals surface area (Å²) in [5.74, 6) is 5.93. The van der Waals surface area contributed by atoms with Crippen LogP contribution in [-0.2, 0) is 4.74 Å². The largest absolute Gasteiger partial charge is 0.463 e. The van der Waals surface area contributed by atoms with E-state index in [1.807, 2.05) is 6.92 Å². The molecule has 1 heterocycles. The zero-order valence-corrected chi connectivity index (χ0v) is 11.6. The number of anilines is 2. The van der Waals surface area contributed by atoms with Gasteiger partial charge in [0.15, 0.2) is 0 Å². The van der Waals surface area contributed by atoms with Gasteiger partial charge in [0.2, 0.25) is 11.9 Å². The summed E-state index contributed by atoms with van der Waals surface area (Å²) in [6.45, 7) is 4.09. The highest BCUT2D eigenvalue weighted by Crippen LogP contribution is 2.10. The number of rotatable bonds is 11. The number of nitrogens with zero attached hydrogens (tertiary/aromatic N) is 3. The van der Waals surface area contributed by atoms with Gasteiger partial charge in [-0.3, -0.25) is 5.43 Å². The number of hydrogen-bond acceptors (Lipinski definition) is 9. The smallest absolute Gasteiger partial charge is 0.323 e. The molecule has 0 spiro atoms. The Morgan fingerprint density at radius 1 is 1.15 bits per heavy atom. The standard InChI is InChI=1S/C11H22N6O3/c1-2-6-20-11-15-9(14-10(16-11)17-12)13-4-3-7-19-8-5-18/h18H,2-8,12H2,1H3,(H2,13,14,15,16,17). The van der Waals surface area contributed by atoms with E-state index in [4.69, 9.17) is 20.4 Å². The molecule has 5 N–H and O–H groups in total. The summed E-state index contributed by atoms with van der Waals surface area (Å²) in [7, 11) is 0. The van der Waals surface area contributed by atoms with E-state index in [0.29, 0.717) is 32.3 Å². The third kappa shape index (κ3) is 6.45. The predicted octanol–water partition coefficient (Wildman–Crippen LogP) is -0.243. The van der Waals surface area contributed by atoms with Crippen LogP contribution < -0.4 is 21.3 Å². The number of nitrogen functional groups attached to an aromatic ring is 1. The second-order valence-corrected chi connectivity index (χ2v) is 3.87. The average Bonchev–Trinajstić information content (AvgIpc) is 2.48. The lowest BCUT2D eigenvalue weighted by Gasteiger charge is -2.09. The Bertz CT molecular complexity index is 379. The van der Waals surface area contributed by atoms with Gasteiger partial charge in [-0.05, 0) is 12.8 Å². The van der Waals surface area contributed by atoms with E-state index in [9.17, 15) is 0 Å². The van der Waals surface area contributed by atoms with E-state index in [0.717, 1.165) is 12.8 Å². The van der Waals surface area contributed by atoms with Crippen molar-refractivity contribution in [1.29, 1.82) is 0 Å². The zero-order chi connectivity index (χ0) is 14.6. The van der Waals surface area contributed by atoms with Crippen LogP contribution in [0.4, 0.5) is 11.9 Å². The molecule has 0 aromatic carbocycles. The quantitative estimate of drug-likeness (QED) is 0.247. The summed E-state index contributed by atoms with van der Waals surface area (Å²) in [6.07, 6.45) is 1.63. The molecule has 0 bridgehead atoms. The van der Waals surface area contributed by atoms with Gasteiger partial charge < -0.3 is 19.9 Å². The zero-order valence-electron chi connectivity index (χ0n) is 11.6. The summed E-state index contributed by atoms with van der Waals surface area (Å²) in [6, 6.07) is 0.230. The highest BCUT2D eigenvalue weighted by molar-refractivity contribution is 5.34. The van der Waals surface area contributed by atoms with Crippen molar-refractivity contribution in [1.82, 2.24) is 15.0 Å². The number of hydrazine groups is 1. The summed E-state index contributed by atoms with van der Waals surface area (Å²) in [5, 5.41) is 11.6. The molecule has 0 saturated carbocycles. The fourth-order valence-electron chi connectivity index (χ4n) is 1.30. The van der Waals surface area contributed by atoms with Gasteiger partial charge in [0, 0.05) is 13.2 Å². The van der Waals surface area contributed by atoms with Crippen LogP contribution >= 0.6 is 0 Å². The monoisotopic (exact) mass is 286 g/mol. The normalized spacial score (nSPS) is 10.3. The molecule has 0 amide bonds. The summed E-state index contributed by atoms with van der Waals surface area (Å²) >= 11 is 0. The Morgan fingerprint density at radius 3 is 2.65 bits per heavy atom. The third-order valence-corrected chi connectivity index (χ3v) is 2.16. The van der Waals surface area contributed by atoms with Gasteiger partial charge in [-0.2, -0.15) is 15.0 Å². The minimum absolute atomic E-state index is 0.0323. The Balaban J connectivity index is 2.42. The van der Waals surface area contributed by atoms with Gasteiger partial charge in [-0.15, -0.1) is 0 Å². The van der Waals surface area contributed by atoms with Crippen LogP contribution in [0.5, 0.6) is 6.01 Å². The molecule has 0 atom stereocenters. The second-order valence-electron chi connectivity index (χ2n) is 3.87. The van der Waals surface area contributed by atoms with Crippen molar-refractivity contribution in [3.8, 4) is 6.01 Å². The number of nitrogens with one attached hydrogen (secondary N) is 2. The first kappa shape index (κ1) is 16.3. The molecule has 114 valence electrons. The molecule has 0 fully saturated rings. The van der Waals surface area contributed by atoms with Gasteiger partial charge in [0.05, 0.1) is 19.8 Å². The maximum Gasteiger partial charge on any atom is 0.323 e. The molecular weight excluding hydrogens is 264 g/mol. The van der Waals surface area contributed by atoms with Crippen LogP contribution in [0.15, 0.2) is 0 Å². The second kappa shape index (κ2) is 10.1. The van der Waals surface area contributed by atoms with Crippen LogP contribution in [0, 0.1) is 0 Å². The first-order chi connectivity index (χ1) is 9.80. The number of hydrogen-bond donors (Lipinski definition) is 4. The molecule has 9 nitrogen and oxygen atoms in total.